The summed E-state index contributed by atoms with van der Waals surface area (Å²) in [5.41, 5.74) is 0.365. The molecule has 1 amide bonds. The SMILES string of the molecule is CCCCC[C@H](NC(=O)c1cccc(OCCF)c1)C(=O)CCl. The first kappa shape index (κ1) is 19.4. The normalized spacial score (nSPS) is 11.8. The number of carbonyl (C=O) groups excluding carboxylic acids is 2. The third-order valence-corrected chi connectivity index (χ3v) is 3.63. The average molecular weight is 344 g/mol. The molecular weight excluding hydrogens is 321 g/mol. The minimum absolute atomic E-state index is 0.0601. The zero-order valence-corrected chi connectivity index (χ0v) is 14.1. The standard InChI is InChI=1S/C17H23ClFNO3/c1-2-3-4-8-15(16(21)12-18)20-17(22)13-6-5-7-14(11-13)23-10-9-19/h5-7,11,15H,2-4,8-10,12H2,1H3,(H,20,22)/t15-/m0/s1. The lowest BCUT2D eigenvalue weighted by molar-refractivity contribution is -0.118. The van der Waals surface area contributed by atoms with Gasteiger partial charge in [-0.15, -0.1) is 11.6 Å². The average Bonchev–Trinajstić information content (AvgIpc) is 2.58. The number of carbonyl (C=O) groups is 2. The van der Waals surface area contributed by atoms with Gasteiger partial charge in [0.1, 0.15) is 19.0 Å². The predicted octanol–water partition coefficient (Wildman–Crippen LogP) is 3.52. The van der Waals surface area contributed by atoms with Crippen molar-refractivity contribution >= 4 is 23.3 Å². The second-order valence-corrected chi connectivity index (χ2v) is 5.45. The van der Waals surface area contributed by atoms with Crippen molar-refractivity contribution < 1.29 is 18.7 Å². The Labute approximate surface area is 141 Å². The molecule has 0 aliphatic carbocycles. The molecule has 0 aliphatic rings. The van der Waals surface area contributed by atoms with E-state index in [2.05, 4.69) is 12.2 Å². The van der Waals surface area contributed by atoms with Crippen molar-refractivity contribution in [3.63, 3.8) is 0 Å². The molecule has 4 nitrogen and oxygen atoms in total. The van der Waals surface area contributed by atoms with E-state index in [0.29, 0.717) is 17.7 Å². The Hall–Kier alpha value is -1.62. The zero-order valence-electron chi connectivity index (χ0n) is 13.3. The maximum atomic E-state index is 12.3. The number of unbranched alkanes of at least 4 members (excludes halogenated alkanes) is 2. The van der Waals surface area contributed by atoms with Crippen molar-refractivity contribution in [1.29, 1.82) is 0 Å². The van der Waals surface area contributed by atoms with Gasteiger partial charge in [-0.3, -0.25) is 9.59 Å². The Balaban J connectivity index is 2.71. The quantitative estimate of drug-likeness (QED) is 0.494. The van der Waals surface area contributed by atoms with Crippen LogP contribution in [0, 0.1) is 0 Å². The summed E-state index contributed by atoms with van der Waals surface area (Å²) in [6.45, 7) is 1.41. The van der Waals surface area contributed by atoms with Gasteiger partial charge in [-0.05, 0) is 24.6 Å². The molecule has 0 bridgehead atoms. The number of ether oxygens (including phenoxy) is 1. The number of rotatable bonds is 11. The van der Waals surface area contributed by atoms with Crippen LogP contribution in [0.5, 0.6) is 5.75 Å². The topological polar surface area (TPSA) is 55.4 Å². The van der Waals surface area contributed by atoms with Gasteiger partial charge in [-0.25, -0.2) is 4.39 Å². The van der Waals surface area contributed by atoms with Crippen molar-refractivity contribution in [3.8, 4) is 5.75 Å². The molecule has 1 aromatic rings. The van der Waals surface area contributed by atoms with Gasteiger partial charge >= 0.3 is 0 Å². The molecule has 1 aromatic carbocycles. The molecule has 6 heteroatoms. The van der Waals surface area contributed by atoms with E-state index in [9.17, 15) is 14.0 Å². The lowest BCUT2D eigenvalue weighted by Gasteiger charge is -2.17. The highest BCUT2D eigenvalue weighted by molar-refractivity contribution is 6.28. The van der Waals surface area contributed by atoms with Crippen LogP contribution < -0.4 is 10.1 Å². The maximum Gasteiger partial charge on any atom is 0.251 e. The van der Waals surface area contributed by atoms with Crippen LogP contribution in [0.4, 0.5) is 4.39 Å². The summed E-state index contributed by atoms with van der Waals surface area (Å²) < 4.78 is 17.3. The predicted molar refractivity (Wildman–Crippen MR) is 89.0 cm³/mol. The van der Waals surface area contributed by atoms with E-state index < -0.39 is 12.7 Å². The van der Waals surface area contributed by atoms with E-state index in [1.54, 1.807) is 18.2 Å². The fourth-order valence-corrected chi connectivity index (χ4v) is 2.32. The van der Waals surface area contributed by atoms with Crippen LogP contribution in [0.25, 0.3) is 0 Å². The highest BCUT2D eigenvalue weighted by atomic mass is 35.5. The Bertz CT molecular complexity index is 510. The maximum absolute atomic E-state index is 12.3. The minimum Gasteiger partial charge on any atom is -0.491 e. The Morgan fingerprint density at radius 1 is 1.35 bits per heavy atom. The van der Waals surface area contributed by atoms with Gasteiger partial charge in [0.15, 0.2) is 5.78 Å². The number of nitrogens with one attached hydrogen (secondary N) is 1. The molecule has 0 aliphatic heterocycles. The highest BCUT2D eigenvalue weighted by Crippen LogP contribution is 2.14. The molecule has 0 spiro atoms. The molecule has 0 aromatic heterocycles. The lowest BCUT2D eigenvalue weighted by atomic mass is 10.0. The molecule has 128 valence electrons. The number of hydrogen-bond acceptors (Lipinski definition) is 3. The number of alkyl halides is 2. The summed E-state index contributed by atoms with van der Waals surface area (Å²) in [5.74, 6) is -0.269. The molecule has 1 N–H and O–H groups in total. The second-order valence-electron chi connectivity index (χ2n) is 5.19. The molecular formula is C17H23ClFNO3. The molecule has 0 heterocycles. The molecule has 0 saturated heterocycles. The van der Waals surface area contributed by atoms with Crippen LogP contribution in [0.2, 0.25) is 0 Å². The number of Topliss-reactive ketones (excluding diaryl/α,β-unsaturated/α-hetero) is 1. The number of benzene rings is 1. The fraction of sp³-hybridized carbons (Fsp3) is 0.529. The number of hydrogen-bond donors (Lipinski definition) is 1. The number of amides is 1. The molecule has 0 saturated carbocycles. The monoisotopic (exact) mass is 343 g/mol. The van der Waals surface area contributed by atoms with E-state index in [-0.39, 0.29) is 24.2 Å². The molecule has 1 rings (SSSR count). The van der Waals surface area contributed by atoms with Gasteiger partial charge in [0.05, 0.1) is 11.9 Å². The van der Waals surface area contributed by atoms with Crippen LogP contribution in [0.3, 0.4) is 0 Å². The molecule has 0 fully saturated rings. The molecule has 1 atom stereocenters. The van der Waals surface area contributed by atoms with Crippen molar-refractivity contribution in [2.24, 2.45) is 0 Å². The van der Waals surface area contributed by atoms with Gasteiger partial charge in [-0.2, -0.15) is 0 Å². The molecule has 23 heavy (non-hydrogen) atoms. The number of ketones is 1. The van der Waals surface area contributed by atoms with E-state index >= 15 is 0 Å². The van der Waals surface area contributed by atoms with Gasteiger partial charge < -0.3 is 10.1 Å². The van der Waals surface area contributed by atoms with Gasteiger partial charge in [0.25, 0.3) is 5.91 Å². The summed E-state index contributed by atoms with van der Waals surface area (Å²) in [6, 6.07) is 5.86. The van der Waals surface area contributed by atoms with Crippen LogP contribution in [0.1, 0.15) is 43.0 Å². The number of halogens is 2. The minimum atomic E-state index is -0.597. The summed E-state index contributed by atoms with van der Waals surface area (Å²) in [5, 5.41) is 2.72. The highest BCUT2D eigenvalue weighted by Gasteiger charge is 2.20. The van der Waals surface area contributed by atoms with E-state index in [0.717, 1.165) is 19.3 Å². The van der Waals surface area contributed by atoms with E-state index in [1.165, 1.54) is 6.07 Å². The molecule has 0 unspecified atom stereocenters. The summed E-state index contributed by atoms with van der Waals surface area (Å²) in [7, 11) is 0. The summed E-state index contributed by atoms with van der Waals surface area (Å²) in [6.07, 6.45) is 3.45. The van der Waals surface area contributed by atoms with Crippen LogP contribution in [0.15, 0.2) is 24.3 Å². The first-order valence-corrected chi connectivity index (χ1v) is 8.34. The summed E-state index contributed by atoms with van der Waals surface area (Å²) in [4.78, 5) is 24.2. The third-order valence-electron chi connectivity index (χ3n) is 3.36. The van der Waals surface area contributed by atoms with Gasteiger partial charge in [0.2, 0.25) is 0 Å². The van der Waals surface area contributed by atoms with Crippen molar-refractivity contribution in [3.05, 3.63) is 29.8 Å². The van der Waals surface area contributed by atoms with Crippen molar-refractivity contribution in [1.82, 2.24) is 5.32 Å². The first-order chi connectivity index (χ1) is 11.1. The summed E-state index contributed by atoms with van der Waals surface area (Å²) >= 11 is 5.62. The zero-order chi connectivity index (χ0) is 17.1. The van der Waals surface area contributed by atoms with Crippen molar-refractivity contribution in [2.45, 2.75) is 38.6 Å². The first-order valence-electron chi connectivity index (χ1n) is 7.80. The lowest BCUT2D eigenvalue weighted by Crippen LogP contribution is -2.41. The van der Waals surface area contributed by atoms with Gasteiger partial charge in [-0.1, -0.05) is 32.3 Å². The van der Waals surface area contributed by atoms with E-state index in [1.807, 2.05) is 0 Å². The van der Waals surface area contributed by atoms with Crippen LogP contribution in [-0.2, 0) is 4.79 Å². The Morgan fingerprint density at radius 2 is 2.13 bits per heavy atom. The third kappa shape index (κ3) is 6.99. The second kappa shape index (κ2) is 11.0. The smallest absolute Gasteiger partial charge is 0.251 e. The van der Waals surface area contributed by atoms with Gasteiger partial charge in [0, 0.05) is 5.56 Å². The van der Waals surface area contributed by atoms with E-state index in [4.69, 9.17) is 16.3 Å². The largest absolute Gasteiger partial charge is 0.491 e. The van der Waals surface area contributed by atoms with Crippen LogP contribution >= 0.6 is 11.6 Å². The Morgan fingerprint density at radius 3 is 2.78 bits per heavy atom. The fourth-order valence-electron chi connectivity index (χ4n) is 2.13. The van der Waals surface area contributed by atoms with Crippen molar-refractivity contribution in [2.75, 3.05) is 19.2 Å². The Kier molecular flexibility index (Phi) is 9.29. The van der Waals surface area contributed by atoms with Crippen LogP contribution in [-0.4, -0.2) is 36.9 Å². The molecule has 0 radical (unpaired) electrons.